The van der Waals surface area contributed by atoms with Gasteiger partial charge in [-0.25, -0.2) is 0 Å². The van der Waals surface area contributed by atoms with Gasteiger partial charge >= 0.3 is 0 Å². The first-order chi connectivity index (χ1) is 18.3. The largest absolute Gasteiger partial charge is 0.508 e. The van der Waals surface area contributed by atoms with E-state index in [1.807, 2.05) is 6.07 Å². The Morgan fingerprint density at radius 2 is 0.825 bits per heavy atom. The van der Waals surface area contributed by atoms with Crippen molar-refractivity contribution in [2.75, 3.05) is 0 Å². The van der Waals surface area contributed by atoms with Crippen LogP contribution in [0.25, 0.3) is 0 Å². The summed E-state index contributed by atoms with van der Waals surface area (Å²) in [5.74, 6) is 1.13. The maximum absolute atomic E-state index is 11.0. The monoisotopic (exact) mass is 546 g/mol. The smallest absolute Gasteiger partial charge is 0.122 e. The van der Waals surface area contributed by atoms with Crippen molar-refractivity contribution in [1.82, 2.24) is 0 Å². The summed E-state index contributed by atoms with van der Waals surface area (Å²) in [5, 5.41) is 31.6. The van der Waals surface area contributed by atoms with Crippen LogP contribution in [0.15, 0.2) is 42.5 Å². The second-order valence-electron chi connectivity index (χ2n) is 14.1. The first kappa shape index (κ1) is 33.3. The van der Waals surface area contributed by atoms with Crippen LogP contribution in [0.4, 0.5) is 0 Å². The van der Waals surface area contributed by atoms with Gasteiger partial charge in [0.2, 0.25) is 0 Å². The van der Waals surface area contributed by atoms with Crippen LogP contribution in [0.1, 0.15) is 128 Å². The lowest BCUT2D eigenvalue weighted by molar-refractivity contribution is 0.435. The van der Waals surface area contributed by atoms with Crippen molar-refractivity contribution < 1.29 is 15.3 Å². The summed E-state index contributed by atoms with van der Waals surface area (Å²) in [6.07, 6.45) is 3.39. The molecule has 0 saturated heterocycles. The van der Waals surface area contributed by atoms with E-state index in [9.17, 15) is 15.3 Å². The molecule has 0 aliphatic rings. The minimum absolute atomic E-state index is 0.0231. The number of phenols is 3. The highest BCUT2D eigenvalue weighted by molar-refractivity contribution is 5.53. The Balaban J connectivity index is 0.000000360. The second kappa shape index (κ2) is 12.7. The van der Waals surface area contributed by atoms with Crippen molar-refractivity contribution in [3.63, 3.8) is 0 Å². The van der Waals surface area contributed by atoms with Gasteiger partial charge in [0.15, 0.2) is 0 Å². The standard InChI is InChI=1S/C25H36O2.C12H18O/c1-9-16-11-18(22(26)20(13-16)24(3,4)5)15-19-12-17(10-2)14-21(23(19)27)25(6,7)8;1-5-9-6-7-11(13)10(8-9)12(2,3)4/h11-14,26-27H,9-10,15H2,1-8H3;6-8,13H,5H2,1-4H3. The third-order valence-corrected chi connectivity index (χ3v) is 7.59. The van der Waals surface area contributed by atoms with Crippen LogP contribution in [0, 0.1) is 0 Å². The summed E-state index contributed by atoms with van der Waals surface area (Å²) < 4.78 is 0. The number of aromatic hydroxyl groups is 3. The third kappa shape index (κ3) is 8.29. The maximum atomic E-state index is 11.0. The number of rotatable bonds is 5. The number of benzene rings is 3. The fourth-order valence-corrected chi connectivity index (χ4v) is 4.95. The molecule has 0 unspecified atom stereocenters. The summed E-state index contributed by atoms with van der Waals surface area (Å²) in [7, 11) is 0. The van der Waals surface area contributed by atoms with Crippen molar-refractivity contribution in [3.05, 3.63) is 87.0 Å². The average molecular weight is 547 g/mol. The molecule has 0 atom stereocenters. The zero-order chi connectivity index (χ0) is 30.6. The number of aryl methyl sites for hydroxylation is 3. The van der Waals surface area contributed by atoms with Crippen LogP contribution in [-0.4, -0.2) is 15.3 Å². The van der Waals surface area contributed by atoms with E-state index in [1.54, 1.807) is 6.07 Å². The topological polar surface area (TPSA) is 60.7 Å². The number of hydrogen-bond donors (Lipinski definition) is 3. The molecule has 0 amide bonds. The molecule has 0 aromatic heterocycles. The van der Waals surface area contributed by atoms with E-state index in [2.05, 4.69) is 113 Å². The molecule has 220 valence electrons. The average Bonchev–Trinajstić information content (AvgIpc) is 2.85. The first-order valence-corrected chi connectivity index (χ1v) is 14.9. The lowest BCUT2D eigenvalue weighted by Crippen LogP contribution is -2.14. The van der Waals surface area contributed by atoms with Crippen LogP contribution in [0.5, 0.6) is 17.2 Å². The van der Waals surface area contributed by atoms with Gasteiger partial charge in [-0.2, -0.15) is 0 Å². The van der Waals surface area contributed by atoms with E-state index in [1.165, 1.54) is 16.7 Å². The van der Waals surface area contributed by atoms with Crippen LogP contribution < -0.4 is 0 Å². The summed E-state index contributed by atoms with van der Waals surface area (Å²) in [6, 6.07) is 14.3. The van der Waals surface area contributed by atoms with Crippen LogP contribution in [-0.2, 0) is 41.9 Å². The SMILES string of the molecule is CCc1cc(Cc2cc(CC)cc(C(C)(C)C)c2O)c(O)c(C(C)(C)C)c1.CCc1ccc(O)c(C(C)(C)C)c1. The zero-order valence-corrected chi connectivity index (χ0v) is 27.2. The summed E-state index contributed by atoms with van der Waals surface area (Å²) >= 11 is 0. The molecule has 3 N–H and O–H groups in total. The minimum Gasteiger partial charge on any atom is -0.508 e. The lowest BCUT2D eigenvalue weighted by Gasteiger charge is -2.25. The van der Waals surface area contributed by atoms with Gasteiger partial charge in [0.25, 0.3) is 0 Å². The minimum atomic E-state index is -0.131. The summed E-state index contributed by atoms with van der Waals surface area (Å²) in [6.45, 7) is 25.5. The van der Waals surface area contributed by atoms with Crippen molar-refractivity contribution in [1.29, 1.82) is 0 Å². The van der Waals surface area contributed by atoms with E-state index in [4.69, 9.17) is 0 Å². The van der Waals surface area contributed by atoms with Crippen LogP contribution in [0.2, 0.25) is 0 Å². The molecule has 0 heterocycles. The van der Waals surface area contributed by atoms with Crippen LogP contribution >= 0.6 is 0 Å². The molecular weight excluding hydrogens is 492 g/mol. The Morgan fingerprint density at radius 3 is 1.15 bits per heavy atom. The molecule has 0 aliphatic heterocycles. The Morgan fingerprint density at radius 1 is 0.475 bits per heavy atom. The van der Waals surface area contributed by atoms with E-state index < -0.39 is 0 Å². The molecule has 3 rings (SSSR count). The van der Waals surface area contributed by atoms with Crippen LogP contribution in [0.3, 0.4) is 0 Å². The first-order valence-electron chi connectivity index (χ1n) is 14.9. The zero-order valence-electron chi connectivity index (χ0n) is 27.2. The molecule has 3 heteroatoms. The normalized spacial score (nSPS) is 12.2. The van der Waals surface area contributed by atoms with Gasteiger partial charge in [-0.1, -0.05) is 119 Å². The summed E-state index contributed by atoms with van der Waals surface area (Å²) in [4.78, 5) is 0. The molecule has 0 spiro atoms. The van der Waals surface area contributed by atoms with Crippen molar-refractivity contribution in [2.45, 2.75) is 125 Å². The van der Waals surface area contributed by atoms with E-state index in [-0.39, 0.29) is 16.2 Å². The fourth-order valence-electron chi connectivity index (χ4n) is 4.95. The van der Waals surface area contributed by atoms with Crippen molar-refractivity contribution >= 4 is 0 Å². The number of hydrogen-bond acceptors (Lipinski definition) is 3. The molecule has 3 aromatic rings. The van der Waals surface area contributed by atoms with Gasteiger partial charge in [-0.3, -0.25) is 0 Å². The third-order valence-electron chi connectivity index (χ3n) is 7.59. The molecule has 0 bridgehead atoms. The quantitative estimate of drug-likeness (QED) is 0.298. The molecule has 40 heavy (non-hydrogen) atoms. The van der Waals surface area contributed by atoms with Gasteiger partial charge in [0, 0.05) is 6.42 Å². The molecular formula is C37H54O3. The molecule has 3 nitrogen and oxygen atoms in total. The Bertz CT molecular complexity index is 1230. The van der Waals surface area contributed by atoms with E-state index in [0.29, 0.717) is 23.7 Å². The Hall–Kier alpha value is -2.94. The van der Waals surface area contributed by atoms with Gasteiger partial charge in [-0.05, 0) is 86.1 Å². The van der Waals surface area contributed by atoms with Gasteiger partial charge < -0.3 is 15.3 Å². The van der Waals surface area contributed by atoms with Crippen molar-refractivity contribution in [2.24, 2.45) is 0 Å². The van der Waals surface area contributed by atoms with Gasteiger partial charge in [0.05, 0.1) is 0 Å². The molecule has 3 aromatic carbocycles. The van der Waals surface area contributed by atoms with Gasteiger partial charge in [-0.15, -0.1) is 0 Å². The molecule has 0 radical (unpaired) electrons. The molecule has 0 aliphatic carbocycles. The van der Waals surface area contributed by atoms with E-state index in [0.717, 1.165) is 47.1 Å². The highest BCUT2D eigenvalue weighted by Gasteiger charge is 2.24. The number of phenolic OH excluding ortho intramolecular Hbond substituents is 3. The maximum Gasteiger partial charge on any atom is 0.122 e. The lowest BCUT2D eigenvalue weighted by atomic mass is 9.81. The highest BCUT2D eigenvalue weighted by atomic mass is 16.3. The predicted octanol–water partition coefficient (Wildman–Crippen LogP) is 9.66. The molecule has 0 saturated carbocycles. The summed E-state index contributed by atoms with van der Waals surface area (Å²) in [5.41, 5.74) is 8.24. The predicted molar refractivity (Wildman–Crippen MR) is 171 cm³/mol. The highest BCUT2D eigenvalue weighted by Crippen LogP contribution is 2.39. The molecule has 0 fully saturated rings. The van der Waals surface area contributed by atoms with Crippen molar-refractivity contribution in [3.8, 4) is 17.2 Å². The Kier molecular flexibility index (Phi) is 10.6. The Labute approximate surface area is 244 Å². The van der Waals surface area contributed by atoms with Gasteiger partial charge in [0.1, 0.15) is 17.2 Å². The second-order valence-corrected chi connectivity index (χ2v) is 14.1. The van der Waals surface area contributed by atoms with E-state index >= 15 is 0 Å². The fraction of sp³-hybridized carbons (Fsp3) is 0.514.